The van der Waals surface area contributed by atoms with Gasteiger partial charge in [0.15, 0.2) is 0 Å². The lowest BCUT2D eigenvalue weighted by atomic mass is 9.83. The van der Waals surface area contributed by atoms with Gasteiger partial charge in [-0.2, -0.15) is 0 Å². The predicted octanol–water partition coefficient (Wildman–Crippen LogP) is 3.23. The molecule has 1 heterocycles. The van der Waals surface area contributed by atoms with E-state index in [1.807, 2.05) is 4.90 Å². The van der Waals surface area contributed by atoms with Crippen LogP contribution in [0.15, 0.2) is 0 Å². The van der Waals surface area contributed by atoms with Gasteiger partial charge in [0.2, 0.25) is 0 Å². The summed E-state index contributed by atoms with van der Waals surface area (Å²) in [6.45, 7) is 3.68. The quantitative estimate of drug-likeness (QED) is 0.686. The molecule has 0 bridgehead atoms. The number of hydrogen-bond donors (Lipinski definition) is 3. The van der Waals surface area contributed by atoms with Crippen molar-refractivity contribution in [2.45, 2.75) is 83.2 Å². The van der Waals surface area contributed by atoms with Gasteiger partial charge in [-0.05, 0) is 57.3 Å². The number of carbonyl (C=O) groups is 2. The van der Waals surface area contributed by atoms with Crippen LogP contribution < -0.4 is 16.0 Å². The highest BCUT2D eigenvalue weighted by atomic mass is 16.2. The van der Waals surface area contributed by atoms with Crippen LogP contribution >= 0.6 is 0 Å². The second-order valence-corrected chi connectivity index (χ2v) is 7.59. The average Bonchev–Trinajstić information content (AvgIpc) is 2.63. The maximum Gasteiger partial charge on any atom is 0.317 e. The number of carbonyl (C=O) groups excluding carboxylic acids is 2. The van der Waals surface area contributed by atoms with Crippen LogP contribution in [0.25, 0.3) is 0 Å². The number of hydrogen-bond acceptors (Lipinski definition) is 2. The maximum atomic E-state index is 12.1. The summed E-state index contributed by atoms with van der Waals surface area (Å²) in [5, 5.41) is 8.82. The molecule has 2 aliphatic rings. The Morgan fingerprint density at radius 1 is 1.04 bits per heavy atom. The zero-order chi connectivity index (χ0) is 18.1. The summed E-state index contributed by atoms with van der Waals surface area (Å²) < 4.78 is 0. The molecule has 1 saturated carbocycles. The average molecular weight is 353 g/mol. The maximum absolute atomic E-state index is 12.1. The van der Waals surface area contributed by atoms with E-state index >= 15 is 0 Å². The monoisotopic (exact) mass is 352 g/mol. The first kappa shape index (κ1) is 19.9. The number of piperidine rings is 1. The molecule has 1 unspecified atom stereocenters. The summed E-state index contributed by atoms with van der Waals surface area (Å²) >= 11 is 0. The van der Waals surface area contributed by atoms with E-state index in [1.165, 1.54) is 25.7 Å². The molecule has 0 aromatic heterocycles. The van der Waals surface area contributed by atoms with Gasteiger partial charge in [0.05, 0.1) is 0 Å². The Morgan fingerprint density at radius 2 is 1.80 bits per heavy atom. The highest BCUT2D eigenvalue weighted by Gasteiger charge is 2.26. The Bertz CT molecular complexity index is 422. The van der Waals surface area contributed by atoms with E-state index in [2.05, 4.69) is 22.9 Å². The Labute approximate surface area is 152 Å². The molecule has 1 saturated heterocycles. The van der Waals surface area contributed by atoms with Crippen LogP contribution in [0.2, 0.25) is 0 Å². The zero-order valence-electron chi connectivity index (χ0n) is 16.0. The third kappa shape index (κ3) is 6.40. The summed E-state index contributed by atoms with van der Waals surface area (Å²) in [5.74, 6) is 0.855. The second-order valence-electron chi connectivity index (χ2n) is 7.59. The molecule has 25 heavy (non-hydrogen) atoms. The number of amides is 4. The van der Waals surface area contributed by atoms with Crippen LogP contribution in [0.5, 0.6) is 0 Å². The molecule has 6 nitrogen and oxygen atoms in total. The van der Waals surface area contributed by atoms with Crippen molar-refractivity contribution in [3.63, 3.8) is 0 Å². The van der Waals surface area contributed by atoms with Gasteiger partial charge >= 0.3 is 12.1 Å². The lowest BCUT2D eigenvalue weighted by Gasteiger charge is -2.35. The van der Waals surface area contributed by atoms with Crippen molar-refractivity contribution in [3.8, 4) is 0 Å². The molecule has 0 spiro atoms. The number of nitrogens with one attached hydrogen (secondary N) is 3. The SMILES string of the molecule is CCCC1CCC(NC(=O)NCCC2CCCCN2C(=O)NC)CC1. The van der Waals surface area contributed by atoms with Crippen LogP contribution in [0.4, 0.5) is 9.59 Å². The minimum absolute atomic E-state index is 0.00186. The third-order valence-electron chi connectivity index (χ3n) is 5.74. The molecule has 2 rings (SSSR count). The van der Waals surface area contributed by atoms with E-state index in [0.29, 0.717) is 12.6 Å². The molecule has 3 N–H and O–H groups in total. The standard InChI is InChI=1S/C19H36N4O2/c1-3-6-15-8-10-16(11-9-15)22-18(24)21-13-12-17-7-4-5-14-23(17)19(25)20-2/h15-17H,3-14H2,1-2H3,(H,20,25)(H2,21,22,24). The molecule has 6 heteroatoms. The fraction of sp³-hybridized carbons (Fsp3) is 0.895. The Kier molecular flexibility index (Phi) is 8.35. The number of urea groups is 2. The highest BCUT2D eigenvalue weighted by Crippen LogP contribution is 2.27. The van der Waals surface area contributed by atoms with E-state index in [0.717, 1.165) is 51.0 Å². The molecule has 1 aliphatic heterocycles. The third-order valence-corrected chi connectivity index (χ3v) is 5.74. The van der Waals surface area contributed by atoms with Crippen LogP contribution in [0, 0.1) is 5.92 Å². The smallest absolute Gasteiger partial charge is 0.317 e. The Morgan fingerprint density at radius 3 is 2.48 bits per heavy atom. The molecular weight excluding hydrogens is 316 g/mol. The van der Waals surface area contributed by atoms with Crippen LogP contribution in [-0.2, 0) is 0 Å². The fourth-order valence-corrected chi connectivity index (χ4v) is 4.30. The minimum Gasteiger partial charge on any atom is -0.341 e. The number of nitrogens with zero attached hydrogens (tertiary/aromatic N) is 1. The van der Waals surface area contributed by atoms with E-state index in [4.69, 9.17) is 0 Å². The van der Waals surface area contributed by atoms with Gasteiger partial charge in [-0.25, -0.2) is 9.59 Å². The van der Waals surface area contributed by atoms with Crippen molar-refractivity contribution >= 4 is 12.1 Å². The Balaban J connectivity index is 1.64. The van der Waals surface area contributed by atoms with Crippen LogP contribution in [0.3, 0.4) is 0 Å². The Hall–Kier alpha value is -1.46. The number of likely N-dealkylation sites (tertiary alicyclic amines) is 1. The van der Waals surface area contributed by atoms with Crippen LogP contribution in [0.1, 0.15) is 71.1 Å². The molecule has 1 aliphatic carbocycles. The zero-order valence-corrected chi connectivity index (χ0v) is 16.0. The van der Waals surface area contributed by atoms with E-state index in [1.54, 1.807) is 7.05 Å². The van der Waals surface area contributed by atoms with Crippen LogP contribution in [-0.4, -0.2) is 49.2 Å². The summed E-state index contributed by atoms with van der Waals surface area (Å²) in [6.07, 6.45) is 11.3. The largest absolute Gasteiger partial charge is 0.341 e. The van der Waals surface area contributed by atoms with E-state index in [9.17, 15) is 9.59 Å². The van der Waals surface area contributed by atoms with Crippen molar-refractivity contribution < 1.29 is 9.59 Å². The lowest BCUT2D eigenvalue weighted by molar-refractivity contribution is 0.148. The summed E-state index contributed by atoms with van der Waals surface area (Å²) in [6, 6.07) is 0.503. The molecule has 144 valence electrons. The van der Waals surface area contributed by atoms with Gasteiger partial charge in [-0.1, -0.05) is 19.8 Å². The molecule has 0 radical (unpaired) electrons. The topological polar surface area (TPSA) is 73.5 Å². The van der Waals surface area contributed by atoms with Crippen molar-refractivity contribution in [2.24, 2.45) is 5.92 Å². The molecule has 4 amide bonds. The second kappa shape index (κ2) is 10.5. The van der Waals surface area contributed by atoms with Gasteiger partial charge in [0.1, 0.15) is 0 Å². The van der Waals surface area contributed by atoms with Crippen molar-refractivity contribution in [1.82, 2.24) is 20.9 Å². The summed E-state index contributed by atoms with van der Waals surface area (Å²) in [7, 11) is 1.68. The van der Waals surface area contributed by atoms with E-state index < -0.39 is 0 Å². The normalized spacial score (nSPS) is 26.8. The van der Waals surface area contributed by atoms with Crippen molar-refractivity contribution in [2.75, 3.05) is 20.1 Å². The first-order valence-corrected chi connectivity index (χ1v) is 10.2. The van der Waals surface area contributed by atoms with Crippen molar-refractivity contribution in [1.29, 1.82) is 0 Å². The molecular formula is C19H36N4O2. The first-order chi connectivity index (χ1) is 12.1. The fourth-order valence-electron chi connectivity index (χ4n) is 4.30. The molecule has 1 atom stereocenters. The minimum atomic E-state index is -0.0544. The van der Waals surface area contributed by atoms with Gasteiger partial charge in [0.25, 0.3) is 0 Å². The molecule has 0 aromatic carbocycles. The number of rotatable bonds is 6. The predicted molar refractivity (Wildman–Crippen MR) is 101 cm³/mol. The van der Waals surface area contributed by atoms with Crippen molar-refractivity contribution in [3.05, 3.63) is 0 Å². The molecule has 0 aromatic rings. The van der Waals surface area contributed by atoms with Gasteiger partial charge in [-0.3, -0.25) is 0 Å². The van der Waals surface area contributed by atoms with E-state index in [-0.39, 0.29) is 18.1 Å². The van der Waals surface area contributed by atoms with Gasteiger partial charge < -0.3 is 20.9 Å². The summed E-state index contributed by atoms with van der Waals surface area (Å²) in [5.41, 5.74) is 0. The van der Waals surface area contributed by atoms with Gasteiger partial charge in [-0.15, -0.1) is 0 Å². The first-order valence-electron chi connectivity index (χ1n) is 10.2. The van der Waals surface area contributed by atoms with Gasteiger partial charge in [0, 0.05) is 32.2 Å². The summed E-state index contributed by atoms with van der Waals surface area (Å²) in [4.78, 5) is 26.0. The lowest BCUT2D eigenvalue weighted by Crippen LogP contribution is -2.49. The highest BCUT2D eigenvalue weighted by molar-refractivity contribution is 5.75. The molecule has 2 fully saturated rings.